The fourth-order valence-electron chi connectivity index (χ4n) is 2.20. The second kappa shape index (κ2) is 5.73. The fraction of sp³-hybridized carbons (Fsp3) is 0.357. The number of hydrogen-bond acceptors (Lipinski definition) is 4. The van der Waals surface area contributed by atoms with Crippen molar-refractivity contribution >= 4 is 23.5 Å². The number of fused-ring (bicyclic) bond motifs is 1. The zero-order valence-corrected chi connectivity index (χ0v) is 11.4. The number of anilines is 1. The summed E-state index contributed by atoms with van der Waals surface area (Å²) in [6.07, 6.45) is 1.08. The highest BCUT2D eigenvalue weighted by Crippen LogP contribution is 2.23. The molecule has 1 aromatic rings. The summed E-state index contributed by atoms with van der Waals surface area (Å²) in [5.74, 6) is -0.905. The van der Waals surface area contributed by atoms with Crippen molar-refractivity contribution in [2.75, 3.05) is 12.4 Å². The number of methoxy groups -OCH3 is 1. The van der Waals surface area contributed by atoms with Crippen LogP contribution >= 0.6 is 0 Å². The van der Waals surface area contributed by atoms with E-state index in [0.29, 0.717) is 24.1 Å². The molecular formula is C14H16N2O4. The predicted octanol–water partition coefficient (Wildman–Crippen LogP) is 0.863. The van der Waals surface area contributed by atoms with Gasteiger partial charge < -0.3 is 15.4 Å². The molecular weight excluding hydrogens is 260 g/mol. The van der Waals surface area contributed by atoms with Crippen molar-refractivity contribution in [3.8, 4) is 0 Å². The van der Waals surface area contributed by atoms with Gasteiger partial charge in [0.2, 0.25) is 11.8 Å². The minimum absolute atomic E-state index is 0.244. The molecule has 2 N–H and O–H groups in total. The molecule has 0 saturated carbocycles. The van der Waals surface area contributed by atoms with Gasteiger partial charge in [0, 0.05) is 12.6 Å². The van der Waals surface area contributed by atoms with E-state index >= 15 is 0 Å². The van der Waals surface area contributed by atoms with Crippen molar-refractivity contribution in [1.29, 1.82) is 0 Å². The number of esters is 1. The van der Waals surface area contributed by atoms with Gasteiger partial charge in [0.15, 0.2) is 0 Å². The molecule has 2 amide bonds. The Morgan fingerprint density at radius 2 is 2.15 bits per heavy atom. The molecule has 0 aliphatic carbocycles. The molecule has 6 nitrogen and oxygen atoms in total. The molecule has 0 radical (unpaired) electrons. The highest BCUT2D eigenvalue weighted by atomic mass is 16.5. The van der Waals surface area contributed by atoms with Gasteiger partial charge in [0.1, 0.15) is 6.04 Å². The maximum Gasteiger partial charge on any atom is 0.337 e. The summed E-state index contributed by atoms with van der Waals surface area (Å²) in [4.78, 5) is 34.5. The number of aryl methyl sites for hydroxylation is 1. The number of rotatable bonds is 2. The molecule has 1 unspecified atom stereocenters. The van der Waals surface area contributed by atoms with E-state index in [0.717, 1.165) is 5.56 Å². The van der Waals surface area contributed by atoms with Crippen molar-refractivity contribution in [3.05, 3.63) is 29.3 Å². The number of ether oxygens (including phenoxy) is 1. The molecule has 0 saturated heterocycles. The molecule has 1 aliphatic rings. The Morgan fingerprint density at radius 3 is 2.80 bits per heavy atom. The highest BCUT2D eigenvalue weighted by Gasteiger charge is 2.24. The van der Waals surface area contributed by atoms with Gasteiger partial charge in [-0.25, -0.2) is 4.79 Å². The lowest BCUT2D eigenvalue weighted by Gasteiger charge is -2.13. The van der Waals surface area contributed by atoms with Gasteiger partial charge in [0.25, 0.3) is 0 Å². The van der Waals surface area contributed by atoms with Crippen molar-refractivity contribution in [2.45, 2.75) is 25.8 Å². The van der Waals surface area contributed by atoms with Crippen LogP contribution < -0.4 is 10.6 Å². The summed E-state index contributed by atoms with van der Waals surface area (Å²) < 4.78 is 4.67. The summed E-state index contributed by atoms with van der Waals surface area (Å²) in [6.45, 7) is 1.38. The normalized spacial score (nSPS) is 17.5. The van der Waals surface area contributed by atoms with Gasteiger partial charge in [0.05, 0.1) is 12.7 Å². The molecule has 0 fully saturated rings. The van der Waals surface area contributed by atoms with Crippen LogP contribution in [0.15, 0.2) is 18.2 Å². The van der Waals surface area contributed by atoms with Crippen molar-refractivity contribution in [2.24, 2.45) is 0 Å². The van der Waals surface area contributed by atoms with Gasteiger partial charge in [-0.2, -0.15) is 0 Å². The minimum atomic E-state index is -0.554. The van der Waals surface area contributed by atoms with E-state index in [2.05, 4.69) is 15.4 Å². The standard InChI is InChI=1S/C14H16N2O4/c1-8(17)15-12-6-3-9-7-10(14(19)20-2)4-5-11(9)16-13(12)18/h4-5,7,12H,3,6H2,1-2H3,(H,15,17)(H,16,18). The zero-order chi connectivity index (χ0) is 14.7. The predicted molar refractivity (Wildman–Crippen MR) is 72.3 cm³/mol. The lowest BCUT2D eigenvalue weighted by atomic mass is 10.0. The SMILES string of the molecule is COC(=O)c1ccc2c(c1)CCC(NC(C)=O)C(=O)N2. The maximum atomic E-state index is 12.0. The summed E-state index contributed by atoms with van der Waals surface area (Å²) in [6, 6.07) is 4.43. The van der Waals surface area contributed by atoms with Crippen LogP contribution in [0.5, 0.6) is 0 Å². The molecule has 1 aliphatic heterocycles. The third kappa shape index (κ3) is 2.96. The molecule has 1 atom stereocenters. The Morgan fingerprint density at radius 1 is 1.40 bits per heavy atom. The van der Waals surface area contributed by atoms with E-state index in [1.54, 1.807) is 18.2 Å². The smallest absolute Gasteiger partial charge is 0.337 e. The average Bonchev–Trinajstić information content (AvgIpc) is 2.57. The van der Waals surface area contributed by atoms with E-state index in [1.165, 1.54) is 14.0 Å². The number of carbonyl (C=O) groups is 3. The number of carbonyl (C=O) groups excluding carboxylic acids is 3. The molecule has 0 spiro atoms. The largest absolute Gasteiger partial charge is 0.465 e. The monoisotopic (exact) mass is 276 g/mol. The van der Waals surface area contributed by atoms with Crippen LogP contribution in [0.4, 0.5) is 5.69 Å². The summed E-state index contributed by atoms with van der Waals surface area (Å²) in [5, 5.41) is 5.37. The fourth-order valence-corrected chi connectivity index (χ4v) is 2.20. The van der Waals surface area contributed by atoms with Gasteiger partial charge >= 0.3 is 5.97 Å². The van der Waals surface area contributed by atoms with Crippen LogP contribution in [0.25, 0.3) is 0 Å². The van der Waals surface area contributed by atoms with E-state index < -0.39 is 12.0 Å². The Labute approximate surface area is 116 Å². The topological polar surface area (TPSA) is 84.5 Å². The van der Waals surface area contributed by atoms with Gasteiger partial charge in [-0.15, -0.1) is 0 Å². The lowest BCUT2D eigenvalue weighted by molar-refractivity contribution is -0.125. The van der Waals surface area contributed by atoms with Crippen molar-refractivity contribution in [3.63, 3.8) is 0 Å². The van der Waals surface area contributed by atoms with E-state index in [9.17, 15) is 14.4 Å². The third-order valence-electron chi connectivity index (χ3n) is 3.18. The average molecular weight is 276 g/mol. The number of hydrogen-bond donors (Lipinski definition) is 2. The molecule has 6 heteroatoms. The quantitative estimate of drug-likeness (QED) is 0.785. The minimum Gasteiger partial charge on any atom is -0.465 e. The molecule has 1 heterocycles. The molecule has 20 heavy (non-hydrogen) atoms. The first-order valence-electron chi connectivity index (χ1n) is 6.30. The first-order chi connectivity index (χ1) is 9.51. The molecule has 106 valence electrons. The summed E-state index contributed by atoms with van der Waals surface area (Å²) in [7, 11) is 1.32. The Hall–Kier alpha value is -2.37. The van der Waals surface area contributed by atoms with E-state index in [1.807, 2.05) is 0 Å². The molecule has 0 bridgehead atoms. The van der Waals surface area contributed by atoms with E-state index in [-0.39, 0.29) is 11.8 Å². The second-order valence-electron chi connectivity index (χ2n) is 4.64. The van der Waals surface area contributed by atoms with Crippen LogP contribution in [-0.2, 0) is 20.7 Å². The first-order valence-corrected chi connectivity index (χ1v) is 6.30. The molecule has 1 aromatic carbocycles. The number of amides is 2. The number of nitrogens with one attached hydrogen (secondary N) is 2. The van der Waals surface area contributed by atoms with Crippen molar-refractivity contribution < 1.29 is 19.1 Å². The van der Waals surface area contributed by atoms with Crippen LogP contribution in [0, 0.1) is 0 Å². The Kier molecular flexibility index (Phi) is 4.02. The van der Waals surface area contributed by atoms with Crippen LogP contribution in [0.1, 0.15) is 29.3 Å². The van der Waals surface area contributed by atoms with Gasteiger partial charge in [-0.1, -0.05) is 0 Å². The Balaban J connectivity index is 2.24. The summed E-state index contributed by atoms with van der Waals surface area (Å²) >= 11 is 0. The zero-order valence-electron chi connectivity index (χ0n) is 11.4. The van der Waals surface area contributed by atoms with Crippen LogP contribution in [0.2, 0.25) is 0 Å². The third-order valence-corrected chi connectivity index (χ3v) is 3.18. The molecule has 0 aromatic heterocycles. The first kappa shape index (κ1) is 14.0. The summed E-state index contributed by atoms with van der Waals surface area (Å²) in [5.41, 5.74) is 1.96. The van der Waals surface area contributed by atoms with Crippen LogP contribution in [-0.4, -0.2) is 30.9 Å². The van der Waals surface area contributed by atoms with Crippen LogP contribution in [0.3, 0.4) is 0 Å². The van der Waals surface area contributed by atoms with Crippen molar-refractivity contribution in [1.82, 2.24) is 5.32 Å². The highest BCUT2D eigenvalue weighted by molar-refractivity contribution is 5.99. The maximum absolute atomic E-state index is 12.0. The second-order valence-corrected chi connectivity index (χ2v) is 4.64. The van der Waals surface area contributed by atoms with Gasteiger partial charge in [-0.05, 0) is 36.6 Å². The molecule has 2 rings (SSSR count). The Bertz CT molecular complexity index is 568. The van der Waals surface area contributed by atoms with Gasteiger partial charge in [-0.3, -0.25) is 9.59 Å². The lowest BCUT2D eigenvalue weighted by Crippen LogP contribution is -2.42. The number of benzene rings is 1. The van der Waals surface area contributed by atoms with E-state index in [4.69, 9.17) is 0 Å².